The van der Waals surface area contributed by atoms with E-state index in [0.29, 0.717) is 5.84 Å². The normalized spacial score (nSPS) is 10.6. The Morgan fingerprint density at radius 1 is 1.26 bits per heavy atom. The molecule has 2 heterocycles. The molecule has 94 valence electrons. The van der Waals surface area contributed by atoms with Crippen molar-refractivity contribution in [1.82, 2.24) is 9.97 Å². The van der Waals surface area contributed by atoms with Gasteiger partial charge >= 0.3 is 0 Å². The number of rotatable bonds is 2. The molecule has 0 radical (unpaired) electrons. The first kappa shape index (κ1) is 11.8. The molecule has 0 aliphatic rings. The molecule has 0 saturated heterocycles. The number of pyridine rings is 1. The Kier molecular flexibility index (Phi) is 2.97. The molecule has 0 aliphatic heterocycles. The van der Waals surface area contributed by atoms with E-state index in [1.165, 1.54) is 0 Å². The van der Waals surface area contributed by atoms with Crippen molar-refractivity contribution in [3.8, 4) is 10.7 Å². The second kappa shape index (κ2) is 4.78. The molecule has 0 spiro atoms. The average Bonchev–Trinajstić information content (AvgIpc) is 2.82. The summed E-state index contributed by atoms with van der Waals surface area (Å²) in [5, 5.41) is 11.3. The molecule has 0 atom stereocenters. The van der Waals surface area contributed by atoms with Gasteiger partial charge in [-0.1, -0.05) is 6.07 Å². The Hall–Kier alpha value is -2.27. The molecule has 2 N–H and O–H groups in total. The lowest BCUT2D eigenvalue weighted by atomic mass is 10.3. The number of nitrogens with one attached hydrogen (secondary N) is 2. The summed E-state index contributed by atoms with van der Waals surface area (Å²) >= 11 is 1.62. The molecule has 0 amide bonds. The molecule has 0 unspecified atom stereocenters. The lowest BCUT2D eigenvalue weighted by Crippen LogP contribution is -2.04. The highest BCUT2D eigenvalue weighted by Crippen LogP contribution is 2.30. The lowest BCUT2D eigenvalue weighted by Gasteiger charge is -2.02. The molecule has 0 fully saturated rings. The first-order chi connectivity index (χ1) is 9.22. The number of hydrogen-bond acceptors (Lipinski definition) is 4. The van der Waals surface area contributed by atoms with Crippen LogP contribution in [0.3, 0.4) is 0 Å². The molecular weight excluding hydrogens is 256 g/mol. The van der Waals surface area contributed by atoms with Crippen molar-refractivity contribution in [3.05, 3.63) is 42.6 Å². The van der Waals surface area contributed by atoms with Gasteiger partial charge in [0.05, 0.1) is 21.7 Å². The van der Waals surface area contributed by atoms with E-state index in [1.807, 2.05) is 36.4 Å². The van der Waals surface area contributed by atoms with E-state index in [1.54, 1.807) is 24.5 Å². The molecule has 3 rings (SSSR count). The number of aromatic nitrogens is 2. The molecule has 0 saturated carbocycles. The summed E-state index contributed by atoms with van der Waals surface area (Å²) in [6.07, 6.45) is 1.77. The summed E-state index contributed by atoms with van der Waals surface area (Å²) in [4.78, 5) is 8.91. The van der Waals surface area contributed by atoms with Crippen molar-refractivity contribution in [3.63, 3.8) is 0 Å². The first-order valence-electron chi connectivity index (χ1n) is 5.86. The highest BCUT2D eigenvalue weighted by Gasteiger charge is 2.07. The van der Waals surface area contributed by atoms with Crippen LogP contribution in [0, 0.1) is 5.41 Å². The molecule has 2 aromatic heterocycles. The topological polar surface area (TPSA) is 61.7 Å². The van der Waals surface area contributed by atoms with Crippen LogP contribution in [0.5, 0.6) is 0 Å². The van der Waals surface area contributed by atoms with Crippen LogP contribution in [-0.2, 0) is 0 Å². The van der Waals surface area contributed by atoms with Crippen LogP contribution in [-0.4, -0.2) is 15.8 Å². The van der Waals surface area contributed by atoms with Gasteiger partial charge in [-0.3, -0.25) is 10.4 Å². The highest BCUT2D eigenvalue weighted by molar-refractivity contribution is 7.21. The largest absolute Gasteiger partial charge is 0.344 e. The summed E-state index contributed by atoms with van der Waals surface area (Å²) in [5.41, 5.74) is 2.70. The van der Waals surface area contributed by atoms with E-state index in [2.05, 4.69) is 15.3 Å². The number of thiazole rings is 1. The van der Waals surface area contributed by atoms with Crippen LogP contribution in [0.25, 0.3) is 20.9 Å². The second-order valence-electron chi connectivity index (χ2n) is 4.17. The third-order valence-electron chi connectivity index (χ3n) is 2.60. The van der Waals surface area contributed by atoms with Crippen LogP contribution in [0.2, 0.25) is 0 Å². The summed E-state index contributed by atoms with van der Waals surface area (Å²) in [6.45, 7) is 1.71. The summed E-state index contributed by atoms with van der Waals surface area (Å²) in [6, 6.07) is 11.7. The van der Waals surface area contributed by atoms with Crippen molar-refractivity contribution in [2.45, 2.75) is 6.92 Å². The predicted molar refractivity (Wildman–Crippen MR) is 79.9 cm³/mol. The minimum Gasteiger partial charge on any atom is -0.344 e. The monoisotopic (exact) mass is 268 g/mol. The summed E-state index contributed by atoms with van der Waals surface area (Å²) in [7, 11) is 0. The van der Waals surface area contributed by atoms with E-state index < -0.39 is 0 Å². The quantitative estimate of drug-likeness (QED) is 0.549. The Morgan fingerprint density at radius 2 is 2.16 bits per heavy atom. The molecule has 1 aromatic carbocycles. The maximum atomic E-state index is 7.44. The Bertz CT molecular complexity index is 734. The fourth-order valence-electron chi connectivity index (χ4n) is 1.82. The minimum atomic E-state index is 0.416. The van der Waals surface area contributed by atoms with Crippen LogP contribution in [0.15, 0.2) is 42.6 Å². The Morgan fingerprint density at radius 3 is 2.89 bits per heavy atom. The van der Waals surface area contributed by atoms with Gasteiger partial charge < -0.3 is 5.32 Å². The highest BCUT2D eigenvalue weighted by atomic mass is 32.1. The van der Waals surface area contributed by atoms with Gasteiger partial charge in [-0.2, -0.15) is 0 Å². The molecule has 3 aromatic rings. The molecule has 0 bridgehead atoms. The van der Waals surface area contributed by atoms with Crippen LogP contribution < -0.4 is 5.32 Å². The third kappa shape index (κ3) is 2.46. The minimum absolute atomic E-state index is 0.416. The first-order valence-corrected chi connectivity index (χ1v) is 6.68. The Balaban J connectivity index is 2.04. The lowest BCUT2D eigenvalue weighted by molar-refractivity contribution is 1.31. The number of amidine groups is 1. The number of hydrogen-bond donors (Lipinski definition) is 2. The van der Waals surface area contributed by atoms with Crippen LogP contribution in [0.4, 0.5) is 5.69 Å². The Labute approximate surface area is 114 Å². The molecule has 19 heavy (non-hydrogen) atoms. The van der Waals surface area contributed by atoms with Crippen molar-refractivity contribution >= 4 is 33.1 Å². The zero-order valence-corrected chi connectivity index (χ0v) is 11.2. The van der Waals surface area contributed by atoms with Crippen molar-refractivity contribution < 1.29 is 0 Å². The smallest absolute Gasteiger partial charge is 0.143 e. The number of nitrogens with zero attached hydrogens (tertiary/aromatic N) is 2. The van der Waals surface area contributed by atoms with E-state index in [-0.39, 0.29) is 0 Å². The molecular formula is C14H12N4S. The van der Waals surface area contributed by atoms with Gasteiger partial charge in [-0.05, 0) is 37.3 Å². The van der Waals surface area contributed by atoms with E-state index in [0.717, 1.165) is 26.6 Å². The average molecular weight is 268 g/mol. The molecule has 5 heteroatoms. The van der Waals surface area contributed by atoms with Gasteiger partial charge in [-0.25, -0.2) is 4.98 Å². The van der Waals surface area contributed by atoms with Gasteiger partial charge in [0.2, 0.25) is 0 Å². The van der Waals surface area contributed by atoms with Gasteiger partial charge in [0, 0.05) is 11.9 Å². The number of benzene rings is 1. The van der Waals surface area contributed by atoms with Gasteiger partial charge in [0.1, 0.15) is 5.01 Å². The van der Waals surface area contributed by atoms with Crippen molar-refractivity contribution in [2.24, 2.45) is 0 Å². The maximum Gasteiger partial charge on any atom is 0.143 e. The standard InChI is InChI=1S/C14H12N4S/c1-9(15)17-10-5-6-13-12(8-10)18-14(19-13)11-4-2-3-7-16-11/h2-8H,1H3,(H2,15,17). The van der Waals surface area contributed by atoms with E-state index >= 15 is 0 Å². The fourth-order valence-corrected chi connectivity index (χ4v) is 2.74. The van der Waals surface area contributed by atoms with Crippen LogP contribution >= 0.6 is 11.3 Å². The van der Waals surface area contributed by atoms with Crippen molar-refractivity contribution in [1.29, 1.82) is 5.41 Å². The van der Waals surface area contributed by atoms with Gasteiger partial charge in [0.25, 0.3) is 0 Å². The maximum absolute atomic E-state index is 7.44. The van der Waals surface area contributed by atoms with E-state index in [4.69, 9.17) is 5.41 Å². The fraction of sp³-hybridized carbons (Fsp3) is 0.0714. The zero-order chi connectivity index (χ0) is 13.2. The summed E-state index contributed by atoms with van der Waals surface area (Å²) < 4.78 is 1.12. The predicted octanol–water partition coefficient (Wildman–Crippen LogP) is 3.77. The molecule has 4 nitrogen and oxygen atoms in total. The zero-order valence-electron chi connectivity index (χ0n) is 10.3. The number of anilines is 1. The van der Waals surface area contributed by atoms with Crippen LogP contribution in [0.1, 0.15) is 6.92 Å². The van der Waals surface area contributed by atoms with Crippen molar-refractivity contribution in [2.75, 3.05) is 5.32 Å². The van der Waals surface area contributed by atoms with E-state index in [9.17, 15) is 0 Å². The molecule has 0 aliphatic carbocycles. The van der Waals surface area contributed by atoms with Gasteiger partial charge in [0.15, 0.2) is 0 Å². The second-order valence-corrected chi connectivity index (χ2v) is 5.20. The third-order valence-corrected chi connectivity index (χ3v) is 3.66. The van der Waals surface area contributed by atoms with Gasteiger partial charge in [-0.15, -0.1) is 11.3 Å². The SMILES string of the molecule is CC(=N)Nc1ccc2sc(-c3ccccn3)nc2c1. The summed E-state index contributed by atoms with van der Waals surface area (Å²) in [5.74, 6) is 0.416. The number of fused-ring (bicyclic) bond motifs is 1.